The summed E-state index contributed by atoms with van der Waals surface area (Å²) in [4.78, 5) is 12.5. The molecule has 2 aromatic carbocycles. The molecule has 0 bridgehead atoms. The molecule has 0 aliphatic heterocycles. The van der Waals surface area contributed by atoms with Crippen molar-refractivity contribution in [3.05, 3.63) is 69.9 Å². The molecule has 1 aliphatic carbocycles. The summed E-state index contributed by atoms with van der Waals surface area (Å²) in [5.74, 6) is -0.364. The average Bonchev–Trinajstić information content (AvgIpc) is 2.44. The molecule has 1 saturated carbocycles. The van der Waals surface area contributed by atoms with E-state index in [1.807, 2.05) is 18.2 Å². The number of benzene rings is 2. The molecule has 0 saturated heterocycles. The summed E-state index contributed by atoms with van der Waals surface area (Å²) in [6, 6.07) is 13.8. The first-order valence-electron chi connectivity index (χ1n) is 6.94. The normalized spacial score (nSPS) is 16.1. The Balaban J connectivity index is 1.86. The molecule has 1 amide bonds. The fourth-order valence-electron chi connectivity index (χ4n) is 2.72. The third-order valence-corrected chi connectivity index (χ3v) is 4.77. The van der Waals surface area contributed by atoms with E-state index < -0.39 is 0 Å². The van der Waals surface area contributed by atoms with Gasteiger partial charge in [-0.2, -0.15) is 0 Å². The molecule has 0 radical (unpaired) electrons. The van der Waals surface area contributed by atoms with Crippen molar-refractivity contribution in [1.82, 2.24) is 5.32 Å². The van der Waals surface area contributed by atoms with Gasteiger partial charge in [0.1, 0.15) is 5.82 Å². The first-order valence-corrected chi connectivity index (χ1v) is 7.73. The van der Waals surface area contributed by atoms with E-state index in [1.165, 1.54) is 12.1 Å². The highest BCUT2D eigenvalue weighted by molar-refractivity contribution is 9.10. The van der Waals surface area contributed by atoms with Crippen LogP contribution in [-0.4, -0.2) is 5.91 Å². The first-order chi connectivity index (χ1) is 10.1. The van der Waals surface area contributed by atoms with Gasteiger partial charge >= 0.3 is 0 Å². The van der Waals surface area contributed by atoms with E-state index in [-0.39, 0.29) is 17.3 Å². The standard InChI is InChI=1S/C17H15BrFNO/c18-15-5-2-1-4-14(15)16(21)20-17(10-3-11-17)12-6-8-13(19)9-7-12/h1-2,4-9H,3,10-11H2,(H,20,21). The largest absolute Gasteiger partial charge is 0.342 e. The van der Waals surface area contributed by atoms with E-state index in [0.717, 1.165) is 29.3 Å². The molecular weight excluding hydrogens is 333 g/mol. The molecule has 0 atom stereocenters. The molecular formula is C17H15BrFNO. The second kappa shape index (κ2) is 5.60. The second-order valence-electron chi connectivity index (χ2n) is 5.38. The van der Waals surface area contributed by atoms with Gasteiger partial charge in [-0.15, -0.1) is 0 Å². The Morgan fingerprint density at radius 2 is 1.76 bits per heavy atom. The number of carbonyl (C=O) groups is 1. The van der Waals surface area contributed by atoms with Crippen molar-refractivity contribution in [3.63, 3.8) is 0 Å². The van der Waals surface area contributed by atoms with E-state index in [9.17, 15) is 9.18 Å². The molecule has 1 fully saturated rings. The molecule has 108 valence electrons. The van der Waals surface area contributed by atoms with Gasteiger partial charge in [0.2, 0.25) is 0 Å². The highest BCUT2D eigenvalue weighted by atomic mass is 79.9. The quantitative estimate of drug-likeness (QED) is 0.875. The van der Waals surface area contributed by atoms with Crippen molar-refractivity contribution in [2.24, 2.45) is 0 Å². The zero-order valence-corrected chi connectivity index (χ0v) is 13.0. The second-order valence-corrected chi connectivity index (χ2v) is 6.23. The van der Waals surface area contributed by atoms with Crippen LogP contribution in [0.2, 0.25) is 0 Å². The molecule has 2 nitrogen and oxygen atoms in total. The molecule has 3 rings (SSSR count). The minimum atomic E-state index is -0.361. The topological polar surface area (TPSA) is 29.1 Å². The summed E-state index contributed by atoms with van der Waals surface area (Å²) >= 11 is 3.40. The third kappa shape index (κ3) is 2.72. The summed E-state index contributed by atoms with van der Waals surface area (Å²) in [6.45, 7) is 0. The summed E-state index contributed by atoms with van der Waals surface area (Å²) in [5.41, 5.74) is 1.22. The molecule has 2 aromatic rings. The van der Waals surface area contributed by atoms with Crippen LogP contribution in [0, 0.1) is 5.82 Å². The van der Waals surface area contributed by atoms with Crippen LogP contribution in [0.3, 0.4) is 0 Å². The molecule has 21 heavy (non-hydrogen) atoms. The molecule has 1 aliphatic rings. The molecule has 0 unspecified atom stereocenters. The number of nitrogens with one attached hydrogen (secondary N) is 1. The Morgan fingerprint density at radius 1 is 1.10 bits per heavy atom. The Morgan fingerprint density at radius 3 is 2.33 bits per heavy atom. The van der Waals surface area contributed by atoms with Gasteiger partial charge in [0, 0.05) is 4.47 Å². The lowest BCUT2D eigenvalue weighted by molar-refractivity contribution is 0.0822. The fraction of sp³-hybridized carbons (Fsp3) is 0.235. The van der Waals surface area contributed by atoms with Gasteiger partial charge < -0.3 is 5.32 Å². The van der Waals surface area contributed by atoms with Crippen molar-refractivity contribution >= 4 is 21.8 Å². The average molecular weight is 348 g/mol. The maximum absolute atomic E-state index is 13.1. The van der Waals surface area contributed by atoms with Gasteiger partial charge in [-0.05, 0) is 65.0 Å². The van der Waals surface area contributed by atoms with Crippen LogP contribution in [0.25, 0.3) is 0 Å². The summed E-state index contributed by atoms with van der Waals surface area (Å²) in [7, 11) is 0. The third-order valence-electron chi connectivity index (χ3n) is 4.08. The van der Waals surface area contributed by atoms with E-state index in [1.54, 1.807) is 18.2 Å². The van der Waals surface area contributed by atoms with Gasteiger partial charge in [0.25, 0.3) is 5.91 Å². The number of carbonyl (C=O) groups excluding carboxylic acids is 1. The molecule has 4 heteroatoms. The fourth-order valence-corrected chi connectivity index (χ4v) is 3.18. The van der Waals surface area contributed by atoms with Crippen LogP contribution < -0.4 is 5.32 Å². The van der Waals surface area contributed by atoms with Crippen LogP contribution in [-0.2, 0) is 5.54 Å². The van der Waals surface area contributed by atoms with E-state index in [0.29, 0.717) is 5.56 Å². The SMILES string of the molecule is O=C(NC1(c2ccc(F)cc2)CCC1)c1ccccc1Br. The van der Waals surface area contributed by atoms with E-state index in [4.69, 9.17) is 0 Å². The van der Waals surface area contributed by atoms with Crippen LogP contribution >= 0.6 is 15.9 Å². The number of halogens is 2. The minimum Gasteiger partial charge on any atom is -0.342 e. The van der Waals surface area contributed by atoms with Crippen molar-refractivity contribution in [3.8, 4) is 0 Å². The van der Waals surface area contributed by atoms with Gasteiger partial charge in [-0.3, -0.25) is 4.79 Å². The smallest absolute Gasteiger partial charge is 0.253 e. The van der Waals surface area contributed by atoms with Gasteiger partial charge in [0.15, 0.2) is 0 Å². The molecule has 0 aromatic heterocycles. The predicted octanol–water partition coefficient (Wildman–Crippen LogP) is 4.40. The Bertz CT molecular complexity index is 665. The zero-order valence-electron chi connectivity index (χ0n) is 11.4. The summed E-state index contributed by atoms with van der Waals surface area (Å²) in [5, 5.41) is 3.13. The molecule has 1 N–H and O–H groups in total. The lowest BCUT2D eigenvalue weighted by atomic mass is 9.71. The molecule has 0 heterocycles. The van der Waals surface area contributed by atoms with E-state index in [2.05, 4.69) is 21.2 Å². The number of hydrogen-bond donors (Lipinski definition) is 1. The molecule has 0 spiro atoms. The number of rotatable bonds is 3. The Kier molecular flexibility index (Phi) is 3.81. The Labute approximate surface area is 131 Å². The van der Waals surface area contributed by atoms with Crippen LogP contribution in [0.1, 0.15) is 35.2 Å². The highest BCUT2D eigenvalue weighted by Crippen LogP contribution is 2.41. The first kappa shape index (κ1) is 14.3. The van der Waals surface area contributed by atoms with Crippen molar-refractivity contribution < 1.29 is 9.18 Å². The maximum Gasteiger partial charge on any atom is 0.253 e. The zero-order chi connectivity index (χ0) is 14.9. The monoisotopic (exact) mass is 347 g/mol. The van der Waals surface area contributed by atoms with Crippen molar-refractivity contribution in [2.45, 2.75) is 24.8 Å². The van der Waals surface area contributed by atoms with Crippen LogP contribution in [0.4, 0.5) is 4.39 Å². The highest BCUT2D eigenvalue weighted by Gasteiger charge is 2.40. The summed E-state index contributed by atoms with van der Waals surface area (Å²) in [6.07, 6.45) is 2.83. The lowest BCUT2D eigenvalue weighted by Crippen LogP contribution is -2.50. The maximum atomic E-state index is 13.1. The van der Waals surface area contributed by atoms with Crippen molar-refractivity contribution in [1.29, 1.82) is 0 Å². The van der Waals surface area contributed by atoms with Gasteiger partial charge in [0.05, 0.1) is 11.1 Å². The number of hydrogen-bond acceptors (Lipinski definition) is 1. The predicted molar refractivity (Wildman–Crippen MR) is 83.5 cm³/mol. The van der Waals surface area contributed by atoms with Gasteiger partial charge in [-0.1, -0.05) is 24.3 Å². The lowest BCUT2D eigenvalue weighted by Gasteiger charge is -2.43. The minimum absolute atomic E-state index is 0.105. The Hall–Kier alpha value is -1.68. The van der Waals surface area contributed by atoms with Gasteiger partial charge in [-0.25, -0.2) is 4.39 Å². The van der Waals surface area contributed by atoms with Crippen LogP contribution in [0.5, 0.6) is 0 Å². The van der Waals surface area contributed by atoms with E-state index >= 15 is 0 Å². The van der Waals surface area contributed by atoms with Crippen molar-refractivity contribution in [2.75, 3.05) is 0 Å². The van der Waals surface area contributed by atoms with Crippen LogP contribution in [0.15, 0.2) is 53.0 Å². The summed E-state index contributed by atoms with van der Waals surface area (Å²) < 4.78 is 13.9. The number of amides is 1.